The molecule has 0 unspecified atom stereocenters. The third-order valence-electron chi connectivity index (χ3n) is 4.44. The number of carbonyl (C=O) groups excluding carboxylic acids is 1. The first kappa shape index (κ1) is 18.0. The summed E-state index contributed by atoms with van der Waals surface area (Å²) in [4.78, 5) is 20.3. The predicted octanol–water partition coefficient (Wildman–Crippen LogP) is 2.42. The van der Waals surface area contributed by atoms with E-state index in [-0.39, 0.29) is 5.91 Å². The molecule has 2 heterocycles. The normalized spacial score (nSPS) is 15.3. The Morgan fingerprint density at radius 2 is 2.04 bits per heavy atom. The summed E-state index contributed by atoms with van der Waals surface area (Å²) in [5.74, 6) is 0.0661. The number of rotatable bonds is 6. The van der Waals surface area contributed by atoms with Crippen molar-refractivity contribution in [2.24, 2.45) is 0 Å². The lowest BCUT2D eigenvalue weighted by molar-refractivity contribution is -0.120. The molecule has 0 aliphatic carbocycles. The van der Waals surface area contributed by atoms with Crippen LogP contribution in [0.15, 0.2) is 24.3 Å². The molecule has 25 heavy (non-hydrogen) atoms. The van der Waals surface area contributed by atoms with Gasteiger partial charge in [-0.1, -0.05) is 24.3 Å². The van der Waals surface area contributed by atoms with E-state index in [9.17, 15) is 4.79 Å². The molecule has 1 N–H and O–H groups in total. The molecule has 1 aromatic heterocycles. The Kier molecular flexibility index (Phi) is 6.18. The van der Waals surface area contributed by atoms with Crippen molar-refractivity contribution < 1.29 is 9.53 Å². The molecule has 6 heteroatoms. The number of aryl methyl sites for hydroxylation is 2. The second kappa shape index (κ2) is 8.56. The van der Waals surface area contributed by atoms with Crippen LogP contribution in [0.4, 0.5) is 0 Å². The number of morpholine rings is 1. The van der Waals surface area contributed by atoms with Crippen molar-refractivity contribution in [1.82, 2.24) is 15.2 Å². The second-order valence-corrected chi connectivity index (χ2v) is 7.41. The van der Waals surface area contributed by atoms with Gasteiger partial charge in [0.1, 0.15) is 5.01 Å². The molecule has 1 aliphatic rings. The molecule has 5 nitrogen and oxygen atoms in total. The van der Waals surface area contributed by atoms with Gasteiger partial charge in [-0.15, -0.1) is 11.3 Å². The number of amides is 1. The van der Waals surface area contributed by atoms with Gasteiger partial charge in [-0.25, -0.2) is 4.98 Å². The van der Waals surface area contributed by atoms with Crippen LogP contribution < -0.4 is 5.32 Å². The van der Waals surface area contributed by atoms with E-state index in [2.05, 4.69) is 34.3 Å². The van der Waals surface area contributed by atoms with Crippen molar-refractivity contribution in [3.63, 3.8) is 0 Å². The Morgan fingerprint density at radius 1 is 1.28 bits per heavy atom. The van der Waals surface area contributed by atoms with Crippen molar-refractivity contribution >= 4 is 17.2 Å². The van der Waals surface area contributed by atoms with Crippen molar-refractivity contribution in [3.8, 4) is 10.6 Å². The summed E-state index contributed by atoms with van der Waals surface area (Å²) < 4.78 is 5.33. The van der Waals surface area contributed by atoms with E-state index in [0.29, 0.717) is 13.0 Å². The second-order valence-electron chi connectivity index (χ2n) is 6.32. The van der Waals surface area contributed by atoms with E-state index in [0.717, 1.165) is 54.0 Å². The molecule has 1 saturated heterocycles. The maximum atomic E-state index is 12.2. The number of ether oxygens (including phenoxy) is 1. The smallest absolute Gasteiger partial charge is 0.225 e. The number of hydrogen-bond acceptors (Lipinski definition) is 5. The Bertz CT molecular complexity index is 723. The van der Waals surface area contributed by atoms with Crippen LogP contribution in [0.1, 0.15) is 16.1 Å². The zero-order chi connectivity index (χ0) is 17.6. The van der Waals surface area contributed by atoms with E-state index < -0.39 is 0 Å². The highest BCUT2D eigenvalue weighted by Crippen LogP contribution is 2.30. The molecule has 0 saturated carbocycles. The summed E-state index contributed by atoms with van der Waals surface area (Å²) in [6.07, 6.45) is 0.401. The summed E-state index contributed by atoms with van der Waals surface area (Å²) in [7, 11) is 0. The first-order valence-electron chi connectivity index (χ1n) is 8.72. The minimum absolute atomic E-state index is 0.0661. The molecule has 1 aliphatic heterocycles. The van der Waals surface area contributed by atoms with Gasteiger partial charge in [0.05, 0.1) is 25.3 Å². The van der Waals surface area contributed by atoms with Gasteiger partial charge in [0.15, 0.2) is 0 Å². The summed E-state index contributed by atoms with van der Waals surface area (Å²) in [6.45, 7) is 9.10. The molecular formula is C19H25N3O2S. The average Bonchev–Trinajstić information content (AvgIpc) is 2.96. The summed E-state index contributed by atoms with van der Waals surface area (Å²) >= 11 is 1.62. The monoisotopic (exact) mass is 359 g/mol. The van der Waals surface area contributed by atoms with E-state index in [1.54, 1.807) is 11.3 Å². The van der Waals surface area contributed by atoms with Crippen LogP contribution >= 0.6 is 11.3 Å². The average molecular weight is 359 g/mol. The molecule has 0 radical (unpaired) electrons. The molecular weight excluding hydrogens is 334 g/mol. The number of hydrogen-bond donors (Lipinski definition) is 1. The molecule has 134 valence electrons. The zero-order valence-corrected chi connectivity index (χ0v) is 15.7. The van der Waals surface area contributed by atoms with Crippen molar-refractivity contribution in [3.05, 3.63) is 40.4 Å². The van der Waals surface area contributed by atoms with Gasteiger partial charge in [0.25, 0.3) is 0 Å². The van der Waals surface area contributed by atoms with Crippen LogP contribution in [0.2, 0.25) is 0 Å². The summed E-state index contributed by atoms with van der Waals surface area (Å²) in [5, 5.41) is 4.02. The lowest BCUT2D eigenvalue weighted by atomic mass is 10.1. The summed E-state index contributed by atoms with van der Waals surface area (Å²) in [6, 6.07) is 8.23. The Labute approximate surface area is 153 Å². The van der Waals surface area contributed by atoms with Crippen molar-refractivity contribution in [1.29, 1.82) is 0 Å². The van der Waals surface area contributed by atoms with Crippen LogP contribution in [0.25, 0.3) is 10.6 Å². The number of nitrogens with zero attached hydrogens (tertiary/aromatic N) is 2. The molecule has 0 bridgehead atoms. The lowest BCUT2D eigenvalue weighted by Crippen LogP contribution is -2.41. The molecule has 3 rings (SSSR count). The standard InChI is InChI=1S/C19H25N3O2S/c1-14-5-3-4-6-16(14)19-21-15(2)17(25-19)13-18(23)20-7-8-22-9-11-24-12-10-22/h3-6H,7-13H2,1-2H3,(H,20,23). The zero-order valence-electron chi connectivity index (χ0n) is 14.9. The third kappa shape index (κ3) is 4.87. The topological polar surface area (TPSA) is 54.5 Å². The van der Waals surface area contributed by atoms with Crippen LogP contribution in [-0.2, 0) is 16.0 Å². The van der Waals surface area contributed by atoms with Gasteiger partial charge in [-0.05, 0) is 19.4 Å². The summed E-state index contributed by atoms with van der Waals surface area (Å²) in [5.41, 5.74) is 3.30. The fourth-order valence-corrected chi connectivity index (χ4v) is 4.06. The Balaban J connectivity index is 1.54. The predicted molar refractivity (Wildman–Crippen MR) is 101 cm³/mol. The fraction of sp³-hybridized carbons (Fsp3) is 0.474. The highest BCUT2D eigenvalue weighted by atomic mass is 32.1. The van der Waals surface area contributed by atoms with Crippen molar-refractivity contribution in [2.75, 3.05) is 39.4 Å². The number of benzene rings is 1. The highest BCUT2D eigenvalue weighted by Gasteiger charge is 2.15. The van der Waals surface area contributed by atoms with Gasteiger partial charge in [-0.3, -0.25) is 9.69 Å². The van der Waals surface area contributed by atoms with Crippen LogP contribution in [-0.4, -0.2) is 55.2 Å². The molecule has 1 aromatic carbocycles. The quantitative estimate of drug-likeness (QED) is 0.861. The van der Waals surface area contributed by atoms with Gasteiger partial charge in [0.2, 0.25) is 5.91 Å². The maximum absolute atomic E-state index is 12.2. The third-order valence-corrected chi connectivity index (χ3v) is 5.63. The highest BCUT2D eigenvalue weighted by molar-refractivity contribution is 7.15. The molecule has 1 fully saturated rings. The van der Waals surface area contributed by atoms with E-state index >= 15 is 0 Å². The van der Waals surface area contributed by atoms with Crippen LogP contribution in [0.5, 0.6) is 0 Å². The first-order valence-corrected chi connectivity index (χ1v) is 9.54. The van der Waals surface area contributed by atoms with E-state index in [1.165, 1.54) is 5.56 Å². The fourth-order valence-electron chi connectivity index (χ4n) is 2.91. The molecule has 0 atom stereocenters. The van der Waals surface area contributed by atoms with Crippen LogP contribution in [0, 0.1) is 13.8 Å². The number of aromatic nitrogens is 1. The molecule has 2 aromatic rings. The van der Waals surface area contributed by atoms with E-state index in [4.69, 9.17) is 4.74 Å². The number of carbonyl (C=O) groups is 1. The van der Waals surface area contributed by atoms with E-state index in [1.807, 2.05) is 19.1 Å². The SMILES string of the molecule is Cc1ccccc1-c1nc(C)c(CC(=O)NCCN2CCOCC2)s1. The molecule has 1 amide bonds. The van der Waals surface area contributed by atoms with Gasteiger partial charge in [0, 0.05) is 36.6 Å². The first-order chi connectivity index (χ1) is 12.1. The van der Waals surface area contributed by atoms with Gasteiger partial charge < -0.3 is 10.1 Å². The van der Waals surface area contributed by atoms with Crippen LogP contribution in [0.3, 0.4) is 0 Å². The Morgan fingerprint density at radius 3 is 2.80 bits per heavy atom. The largest absolute Gasteiger partial charge is 0.379 e. The molecule has 0 spiro atoms. The van der Waals surface area contributed by atoms with Gasteiger partial charge in [-0.2, -0.15) is 0 Å². The minimum Gasteiger partial charge on any atom is -0.379 e. The lowest BCUT2D eigenvalue weighted by Gasteiger charge is -2.26. The number of thiazole rings is 1. The van der Waals surface area contributed by atoms with Crippen molar-refractivity contribution in [2.45, 2.75) is 20.3 Å². The van der Waals surface area contributed by atoms with Gasteiger partial charge >= 0.3 is 0 Å². The minimum atomic E-state index is 0.0661. The number of nitrogens with one attached hydrogen (secondary N) is 1. The maximum Gasteiger partial charge on any atom is 0.225 e. The Hall–Kier alpha value is -1.76.